The van der Waals surface area contributed by atoms with E-state index >= 15 is 0 Å². The lowest BCUT2D eigenvalue weighted by Crippen LogP contribution is -2.37. The van der Waals surface area contributed by atoms with Crippen LogP contribution in [0.25, 0.3) is 0 Å². The number of hydrogen-bond acceptors (Lipinski definition) is 3. The van der Waals surface area contributed by atoms with E-state index in [-0.39, 0.29) is 12.1 Å². The quantitative estimate of drug-likeness (QED) is 0.428. The maximum Gasteiger partial charge on any atom is 0.260 e. The summed E-state index contributed by atoms with van der Waals surface area (Å²) in [6.45, 7) is 4.65. The number of benzene rings is 2. The van der Waals surface area contributed by atoms with E-state index in [1.165, 1.54) is 62.5 Å². The van der Waals surface area contributed by atoms with Crippen LogP contribution in [0.1, 0.15) is 88.4 Å². The summed E-state index contributed by atoms with van der Waals surface area (Å²) in [4.78, 5) is 0. The number of fused-ring (bicyclic) bond motifs is 3. The minimum absolute atomic E-state index is 0.222. The van der Waals surface area contributed by atoms with Gasteiger partial charge < -0.3 is 9.05 Å². The summed E-state index contributed by atoms with van der Waals surface area (Å²) < 4.78 is 16.6. The molecule has 2 aliphatic carbocycles. The first-order valence-electron chi connectivity index (χ1n) is 12.7. The zero-order valence-corrected chi connectivity index (χ0v) is 20.5. The Bertz CT molecular complexity index is 778. The molecule has 0 bridgehead atoms. The van der Waals surface area contributed by atoms with E-state index in [4.69, 9.17) is 9.05 Å². The van der Waals surface area contributed by atoms with Crippen molar-refractivity contribution in [3.8, 4) is 0 Å². The third kappa shape index (κ3) is 4.68. The second-order valence-electron chi connectivity index (χ2n) is 9.98. The summed E-state index contributed by atoms with van der Waals surface area (Å²) in [6.07, 6.45) is 11.1. The molecule has 32 heavy (non-hydrogen) atoms. The zero-order chi connectivity index (χ0) is 21.9. The Balaban J connectivity index is 1.50. The van der Waals surface area contributed by atoms with Crippen LogP contribution < -0.4 is 0 Å². The average Bonchev–Trinajstić information content (AvgIpc) is 3.02. The zero-order valence-electron chi connectivity index (χ0n) is 19.6. The van der Waals surface area contributed by atoms with E-state index in [1.807, 2.05) is 0 Å². The van der Waals surface area contributed by atoms with Gasteiger partial charge >= 0.3 is 0 Å². The lowest BCUT2D eigenvalue weighted by molar-refractivity contribution is 0.0346. The summed E-state index contributed by atoms with van der Waals surface area (Å²) in [5, 5.41) is 0. The highest BCUT2D eigenvalue weighted by molar-refractivity contribution is 7.44. The second kappa shape index (κ2) is 10.3. The number of rotatable bonds is 5. The third-order valence-corrected chi connectivity index (χ3v) is 10.0. The van der Waals surface area contributed by atoms with Gasteiger partial charge in [-0.15, -0.1) is 0 Å². The van der Waals surface area contributed by atoms with Crippen molar-refractivity contribution in [2.45, 2.75) is 89.5 Å². The van der Waals surface area contributed by atoms with Crippen molar-refractivity contribution in [3.63, 3.8) is 0 Å². The molecule has 5 rings (SSSR count). The molecule has 2 saturated carbocycles. The van der Waals surface area contributed by atoms with Gasteiger partial charge in [-0.25, -0.2) is 4.67 Å². The van der Waals surface area contributed by atoms with Crippen molar-refractivity contribution in [2.75, 3.05) is 0 Å². The molecule has 6 atom stereocenters. The van der Waals surface area contributed by atoms with Crippen molar-refractivity contribution >= 4 is 8.53 Å². The highest BCUT2D eigenvalue weighted by Crippen LogP contribution is 2.60. The maximum atomic E-state index is 7.02. The van der Waals surface area contributed by atoms with Crippen molar-refractivity contribution in [1.29, 1.82) is 0 Å². The van der Waals surface area contributed by atoms with Crippen LogP contribution in [0.5, 0.6) is 0 Å². The van der Waals surface area contributed by atoms with E-state index in [0.29, 0.717) is 24.0 Å². The minimum atomic E-state index is -1.14. The van der Waals surface area contributed by atoms with Gasteiger partial charge in [-0.05, 0) is 62.5 Å². The molecule has 0 spiro atoms. The first-order chi connectivity index (χ1) is 15.7. The lowest BCUT2D eigenvalue weighted by Gasteiger charge is -2.40. The molecule has 3 nitrogen and oxygen atoms in total. The van der Waals surface area contributed by atoms with Crippen molar-refractivity contribution in [1.82, 2.24) is 4.67 Å². The third-order valence-electron chi connectivity index (χ3n) is 8.05. The molecule has 172 valence electrons. The summed E-state index contributed by atoms with van der Waals surface area (Å²) >= 11 is 0. The van der Waals surface area contributed by atoms with Crippen LogP contribution in [0.2, 0.25) is 0 Å². The molecule has 1 heterocycles. The van der Waals surface area contributed by atoms with Gasteiger partial charge in [0.15, 0.2) is 0 Å². The Labute approximate surface area is 195 Å². The van der Waals surface area contributed by atoms with E-state index in [9.17, 15) is 0 Å². The highest BCUT2D eigenvalue weighted by Gasteiger charge is 2.47. The van der Waals surface area contributed by atoms with Crippen LogP contribution >= 0.6 is 8.53 Å². The topological polar surface area (TPSA) is 21.7 Å². The first-order valence-corrected chi connectivity index (χ1v) is 13.9. The Morgan fingerprint density at radius 2 is 1.06 bits per heavy atom. The molecule has 4 heteroatoms. The normalized spacial score (nSPS) is 32.4. The van der Waals surface area contributed by atoms with Crippen LogP contribution in [0, 0.1) is 11.8 Å². The van der Waals surface area contributed by atoms with Crippen molar-refractivity contribution < 1.29 is 9.05 Å². The fourth-order valence-electron chi connectivity index (χ4n) is 6.24. The molecular formula is C28H38NO2P. The number of nitrogens with zero attached hydrogens (tertiary/aromatic N) is 1. The van der Waals surface area contributed by atoms with Crippen LogP contribution in [0.15, 0.2) is 60.7 Å². The molecule has 3 fully saturated rings. The van der Waals surface area contributed by atoms with Gasteiger partial charge in [-0.1, -0.05) is 86.3 Å². The Hall–Kier alpha value is -1.25. The molecule has 4 unspecified atom stereocenters. The van der Waals surface area contributed by atoms with Crippen molar-refractivity contribution in [2.24, 2.45) is 11.8 Å². The van der Waals surface area contributed by atoms with Gasteiger partial charge in [0.05, 0.1) is 12.2 Å². The van der Waals surface area contributed by atoms with Crippen LogP contribution in [0.4, 0.5) is 0 Å². The van der Waals surface area contributed by atoms with E-state index < -0.39 is 8.53 Å². The predicted molar refractivity (Wildman–Crippen MR) is 132 cm³/mol. The Morgan fingerprint density at radius 3 is 1.50 bits per heavy atom. The van der Waals surface area contributed by atoms with Gasteiger partial charge in [0.25, 0.3) is 8.53 Å². The van der Waals surface area contributed by atoms with Crippen LogP contribution in [-0.2, 0) is 9.05 Å². The molecular weight excluding hydrogens is 413 g/mol. The molecule has 2 aromatic carbocycles. The van der Waals surface area contributed by atoms with E-state index in [2.05, 4.69) is 79.2 Å². The summed E-state index contributed by atoms with van der Waals surface area (Å²) in [5.74, 6) is 1.37. The smallest absolute Gasteiger partial charge is 0.260 e. The van der Waals surface area contributed by atoms with Gasteiger partial charge in [0.1, 0.15) is 0 Å². The summed E-state index contributed by atoms with van der Waals surface area (Å²) in [5.41, 5.74) is 2.66. The standard InChI is InChI=1S/C28H38NO2P/c1-21(23-13-5-3-6-14-23)29(22(2)24-15-7-4-8-16-24)32-30-27-19-11-9-17-25(27)26-18-10-12-20-28(26)31-32/h3-8,13-16,21-22,25-28H,9-12,17-20H2,1-2H3/t21-,22-,25?,26?,27?,28?,32?/m0/s1. The fraction of sp³-hybridized carbons (Fsp3) is 0.571. The van der Waals surface area contributed by atoms with Crippen LogP contribution in [0.3, 0.4) is 0 Å². The van der Waals surface area contributed by atoms with Gasteiger partial charge in [-0.2, -0.15) is 0 Å². The molecule has 1 saturated heterocycles. The second-order valence-corrected chi connectivity index (χ2v) is 11.3. The summed E-state index contributed by atoms with van der Waals surface area (Å²) in [6, 6.07) is 22.2. The minimum Gasteiger partial charge on any atom is -0.318 e. The molecule has 3 aliphatic rings. The van der Waals surface area contributed by atoms with E-state index in [0.717, 1.165) is 0 Å². The molecule has 1 aliphatic heterocycles. The monoisotopic (exact) mass is 451 g/mol. The molecule has 2 aromatic rings. The first kappa shape index (κ1) is 22.5. The molecule has 0 aromatic heterocycles. The lowest BCUT2D eigenvalue weighted by atomic mass is 9.71. The maximum absolute atomic E-state index is 7.02. The Kier molecular flexibility index (Phi) is 7.29. The van der Waals surface area contributed by atoms with Crippen molar-refractivity contribution in [3.05, 3.63) is 71.8 Å². The van der Waals surface area contributed by atoms with Gasteiger partial charge in [0, 0.05) is 12.1 Å². The average molecular weight is 452 g/mol. The van der Waals surface area contributed by atoms with E-state index in [1.54, 1.807) is 0 Å². The SMILES string of the molecule is C[C@@H](c1ccccc1)N([C@@H](C)c1ccccc1)P1OC2CCCCC2C2CCCCC2O1. The predicted octanol–water partition coefficient (Wildman–Crippen LogP) is 8.20. The molecule has 0 amide bonds. The molecule has 0 N–H and O–H groups in total. The summed E-state index contributed by atoms with van der Waals surface area (Å²) in [7, 11) is -1.14. The van der Waals surface area contributed by atoms with Gasteiger partial charge in [-0.3, -0.25) is 0 Å². The number of hydrogen-bond donors (Lipinski definition) is 0. The largest absolute Gasteiger partial charge is 0.318 e. The van der Waals surface area contributed by atoms with Gasteiger partial charge in [0.2, 0.25) is 0 Å². The van der Waals surface area contributed by atoms with Crippen LogP contribution in [-0.4, -0.2) is 16.9 Å². The highest BCUT2D eigenvalue weighted by atomic mass is 31.2. The fourth-order valence-corrected chi connectivity index (χ4v) is 8.33. The Morgan fingerprint density at radius 1 is 0.656 bits per heavy atom. The molecule has 0 radical (unpaired) electrons.